The molecule has 2 fully saturated rings. The maximum atomic E-state index is 6.09. The van der Waals surface area contributed by atoms with Crippen LogP contribution in [0.25, 0.3) is 0 Å². The summed E-state index contributed by atoms with van der Waals surface area (Å²) in [5.41, 5.74) is 6.08. The summed E-state index contributed by atoms with van der Waals surface area (Å²) < 4.78 is 0. The number of piperazine rings is 1. The second-order valence-corrected chi connectivity index (χ2v) is 7.49. The largest absolute Gasteiger partial charge is 0.329 e. The van der Waals surface area contributed by atoms with Crippen molar-refractivity contribution in [1.82, 2.24) is 9.80 Å². The number of halogens is 1. The van der Waals surface area contributed by atoms with Gasteiger partial charge in [-0.05, 0) is 32.4 Å². The van der Waals surface area contributed by atoms with Gasteiger partial charge in [-0.1, -0.05) is 18.0 Å². The molecule has 112 valence electrons. The van der Waals surface area contributed by atoms with E-state index in [0.717, 1.165) is 17.6 Å². The third-order valence-corrected chi connectivity index (χ3v) is 6.16. The van der Waals surface area contributed by atoms with Crippen molar-refractivity contribution >= 4 is 22.9 Å². The molecule has 2 N–H and O–H groups in total. The lowest BCUT2D eigenvalue weighted by atomic mass is 9.95. The number of nitrogens with two attached hydrogens (primary N) is 1. The summed E-state index contributed by atoms with van der Waals surface area (Å²) in [5, 5.41) is 2.86. The zero-order chi connectivity index (χ0) is 14.1. The Labute approximate surface area is 130 Å². The molecule has 0 spiro atoms. The highest BCUT2D eigenvalue weighted by molar-refractivity contribution is 7.10. The summed E-state index contributed by atoms with van der Waals surface area (Å²) >= 11 is 7.83. The van der Waals surface area contributed by atoms with Gasteiger partial charge in [-0.3, -0.25) is 9.80 Å². The van der Waals surface area contributed by atoms with E-state index in [9.17, 15) is 0 Å². The quantitative estimate of drug-likeness (QED) is 0.931. The molecular weight excluding hydrogens is 290 g/mol. The summed E-state index contributed by atoms with van der Waals surface area (Å²) in [6.45, 7) is 6.62. The third kappa shape index (κ3) is 2.90. The number of hydrogen-bond acceptors (Lipinski definition) is 4. The van der Waals surface area contributed by atoms with Gasteiger partial charge in [0.1, 0.15) is 0 Å². The number of fused-ring (bicyclic) bond motifs is 1. The van der Waals surface area contributed by atoms with Crippen LogP contribution in [0.4, 0.5) is 0 Å². The molecule has 2 saturated heterocycles. The minimum Gasteiger partial charge on any atom is -0.329 e. The highest BCUT2D eigenvalue weighted by Crippen LogP contribution is 2.33. The van der Waals surface area contributed by atoms with Crippen LogP contribution >= 0.6 is 22.9 Å². The fourth-order valence-corrected chi connectivity index (χ4v) is 4.94. The van der Waals surface area contributed by atoms with Gasteiger partial charge in [0.25, 0.3) is 0 Å². The highest BCUT2D eigenvalue weighted by atomic mass is 35.5. The summed E-state index contributed by atoms with van der Waals surface area (Å²) in [7, 11) is 0. The molecule has 2 aliphatic rings. The Hall–Kier alpha value is -0.130. The second-order valence-electron chi connectivity index (χ2n) is 6.11. The van der Waals surface area contributed by atoms with Gasteiger partial charge in [0, 0.05) is 42.0 Å². The van der Waals surface area contributed by atoms with E-state index in [4.69, 9.17) is 17.3 Å². The van der Waals surface area contributed by atoms with E-state index in [-0.39, 0.29) is 0 Å². The average Bonchev–Trinajstić information content (AvgIpc) is 2.86. The van der Waals surface area contributed by atoms with Gasteiger partial charge in [0.2, 0.25) is 0 Å². The molecule has 3 heterocycles. The molecule has 0 bridgehead atoms. The van der Waals surface area contributed by atoms with Crippen LogP contribution in [-0.4, -0.2) is 48.1 Å². The lowest BCUT2D eigenvalue weighted by Gasteiger charge is -2.49. The Morgan fingerprint density at radius 2 is 2.30 bits per heavy atom. The standard InChI is InChI=1S/C15H24ClN3S/c1-11-8-18-5-3-2-4-13(18)9-19(11)14(7-17)15-6-12(16)10-20-15/h6,10-11,13-14H,2-5,7-9,17H2,1H3. The molecule has 1 aromatic heterocycles. The maximum Gasteiger partial charge on any atom is 0.0568 e. The summed E-state index contributed by atoms with van der Waals surface area (Å²) in [6.07, 6.45) is 4.08. The van der Waals surface area contributed by atoms with Crippen molar-refractivity contribution in [3.63, 3.8) is 0 Å². The van der Waals surface area contributed by atoms with Crippen LogP contribution in [0.3, 0.4) is 0 Å². The van der Waals surface area contributed by atoms with Crippen molar-refractivity contribution in [2.45, 2.75) is 44.3 Å². The smallest absolute Gasteiger partial charge is 0.0568 e. The Kier molecular flexibility index (Phi) is 4.68. The third-order valence-electron chi connectivity index (χ3n) is 4.78. The van der Waals surface area contributed by atoms with Gasteiger partial charge in [-0.15, -0.1) is 11.3 Å². The van der Waals surface area contributed by atoms with Gasteiger partial charge in [-0.25, -0.2) is 0 Å². The number of rotatable bonds is 3. The SMILES string of the molecule is CC1CN2CCCCC2CN1C(CN)c1cc(Cl)cs1. The highest BCUT2D eigenvalue weighted by Gasteiger charge is 2.36. The zero-order valence-corrected chi connectivity index (χ0v) is 13.7. The topological polar surface area (TPSA) is 32.5 Å². The van der Waals surface area contributed by atoms with Crippen LogP contribution in [0.2, 0.25) is 5.02 Å². The summed E-state index contributed by atoms with van der Waals surface area (Å²) in [6, 6.07) is 3.71. The van der Waals surface area contributed by atoms with Gasteiger partial charge < -0.3 is 5.73 Å². The molecule has 0 aliphatic carbocycles. The monoisotopic (exact) mass is 313 g/mol. The average molecular weight is 314 g/mol. The van der Waals surface area contributed by atoms with Crippen molar-refractivity contribution in [2.75, 3.05) is 26.2 Å². The minimum absolute atomic E-state index is 0.326. The fourth-order valence-electron chi connectivity index (χ4n) is 3.73. The maximum absolute atomic E-state index is 6.09. The van der Waals surface area contributed by atoms with Gasteiger partial charge in [0.15, 0.2) is 0 Å². The molecule has 20 heavy (non-hydrogen) atoms. The Morgan fingerprint density at radius 3 is 3.00 bits per heavy atom. The first-order valence-electron chi connectivity index (χ1n) is 7.63. The Balaban J connectivity index is 1.77. The molecule has 0 radical (unpaired) electrons. The van der Waals surface area contributed by atoms with Crippen molar-refractivity contribution in [2.24, 2.45) is 5.73 Å². The Morgan fingerprint density at radius 1 is 1.45 bits per heavy atom. The number of nitrogens with zero attached hydrogens (tertiary/aromatic N) is 2. The summed E-state index contributed by atoms with van der Waals surface area (Å²) in [5.74, 6) is 0. The normalized spacial score (nSPS) is 30.1. The van der Waals surface area contributed by atoms with E-state index < -0.39 is 0 Å². The lowest BCUT2D eigenvalue weighted by Crippen LogP contribution is -2.59. The van der Waals surface area contributed by atoms with Crippen LogP contribution in [0.1, 0.15) is 37.1 Å². The lowest BCUT2D eigenvalue weighted by molar-refractivity contribution is -0.00592. The van der Waals surface area contributed by atoms with Crippen LogP contribution in [0, 0.1) is 0 Å². The number of hydrogen-bond donors (Lipinski definition) is 1. The van der Waals surface area contributed by atoms with Crippen LogP contribution in [0.15, 0.2) is 11.4 Å². The van der Waals surface area contributed by atoms with Crippen LogP contribution in [-0.2, 0) is 0 Å². The first-order valence-corrected chi connectivity index (χ1v) is 8.88. The van der Waals surface area contributed by atoms with E-state index in [1.807, 2.05) is 5.38 Å². The van der Waals surface area contributed by atoms with Gasteiger partial charge >= 0.3 is 0 Å². The molecule has 3 unspecified atom stereocenters. The van der Waals surface area contributed by atoms with E-state index in [0.29, 0.717) is 18.6 Å². The fraction of sp³-hybridized carbons (Fsp3) is 0.733. The zero-order valence-electron chi connectivity index (χ0n) is 12.1. The van der Waals surface area contributed by atoms with Crippen molar-refractivity contribution in [3.8, 4) is 0 Å². The first-order chi connectivity index (χ1) is 9.69. The molecule has 3 nitrogen and oxygen atoms in total. The predicted molar refractivity (Wildman–Crippen MR) is 86.5 cm³/mol. The molecule has 1 aromatic rings. The van der Waals surface area contributed by atoms with Gasteiger partial charge in [0.05, 0.1) is 11.1 Å². The molecule has 0 saturated carbocycles. The molecule has 3 rings (SSSR count). The first kappa shape index (κ1) is 14.8. The van der Waals surface area contributed by atoms with E-state index in [1.165, 1.54) is 37.2 Å². The van der Waals surface area contributed by atoms with E-state index in [1.54, 1.807) is 11.3 Å². The van der Waals surface area contributed by atoms with Crippen molar-refractivity contribution in [3.05, 3.63) is 21.3 Å². The van der Waals surface area contributed by atoms with Crippen molar-refractivity contribution in [1.29, 1.82) is 0 Å². The molecular formula is C15H24ClN3S. The number of piperidine rings is 1. The minimum atomic E-state index is 0.326. The Bertz CT molecular complexity index is 450. The number of thiophene rings is 1. The molecule has 2 aliphatic heterocycles. The molecule has 5 heteroatoms. The van der Waals surface area contributed by atoms with Crippen molar-refractivity contribution < 1.29 is 0 Å². The predicted octanol–water partition coefficient (Wildman–Crippen LogP) is 2.96. The van der Waals surface area contributed by atoms with E-state index in [2.05, 4.69) is 22.8 Å². The van der Waals surface area contributed by atoms with Crippen LogP contribution in [0.5, 0.6) is 0 Å². The van der Waals surface area contributed by atoms with Gasteiger partial charge in [-0.2, -0.15) is 0 Å². The molecule has 3 atom stereocenters. The second kappa shape index (κ2) is 6.32. The molecule has 0 aromatic carbocycles. The van der Waals surface area contributed by atoms with E-state index >= 15 is 0 Å². The summed E-state index contributed by atoms with van der Waals surface area (Å²) in [4.78, 5) is 6.60. The van der Waals surface area contributed by atoms with Crippen LogP contribution < -0.4 is 5.73 Å². The molecule has 0 amide bonds.